The van der Waals surface area contributed by atoms with Crippen molar-refractivity contribution in [3.8, 4) is 0 Å². The lowest BCUT2D eigenvalue weighted by Gasteiger charge is -2.39. The summed E-state index contributed by atoms with van der Waals surface area (Å²) in [7, 11) is 0. The van der Waals surface area contributed by atoms with E-state index in [2.05, 4.69) is 46.8 Å². The number of allylic oxidation sites excluding steroid dienone is 3. The number of carboxylic acids is 1. The molecule has 2 aliphatic carbocycles. The van der Waals surface area contributed by atoms with Gasteiger partial charge in [-0.3, -0.25) is 4.79 Å². The Morgan fingerprint density at radius 2 is 1.96 bits per heavy atom. The van der Waals surface area contributed by atoms with Crippen molar-refractivity contribution in [2.24, 2.45) is 29.1 Å². The summed E-state index contributed by atoms with van der Waals surface area (Å²) in [4.78, 5) is 23.6. The normalized spacial score (nSPS) is 31.2. The van der Waals surface area contributed by atoms with Gasteiger partial charge in [-0.1, -0.05) is 53.2 Å². The van der Waals surface area contributed by atoms with Gasteiger partial charge in [0.05, 0.1) is 0 Å². The third-order valence-electron chi connectivity index (χ3n) is 6.77. The maximum absolute atomic E-state index is 12.1. The smallest absolute Gasteiger partial charge is 0.339 e. The minimum atomic E-state index is -1.03. The number of carboxylic acid groups (broad SMARTS) is 1. The van der Waals surface area contributed by atoms with Crippen molar-refractivity contribution in [3.63, 3.8) is 0 Å². The molecule has 0 saturated heterocycles. The molecular formula is C21H32O3. The molecule has 24 heavy (non-hydrogen) atoms. The van der Waals surface area contributed by atoms with Gasteiger partial charge in [-0.25, -0.2) is 4.79 Å². The van der Waals surface area contributed by atoms with Gasteiger partial charge in [0.15, 0.2) is 5.78 Å². The van der Waals surface area contributed by atoms with Crippen LogP contribution in [-0.2, 0) is 9.59 Å². The summed E-state index contributed by atoms with van der Waals surface area (Å²) in [5.74, 6) is 0.857. The number of hydrogen-bond acceptors (Lipinski definition) is 2. The van der Waals surface area contributed by atoms with Crippen LogP contribution in [0.1, 0.15) is 66.7 Å². The summed E-state index contributed by atoms with van der Waals surface area (Å²) in [6.07, 6.45) is 8.74. The summed E-state index contributed by atoms with van der Waals surface area (Å²) in [5, 5.41) is 9.47. The molecule has 0 heterocycles. The Morgan fingerprint density at radius 1 is 1.29 bits per heavy atom. The largest absolute Gasteiger partial charge is 0.478 e. The van der Waals surface area contributed by atoms with Crippen LogP contribution in [0.2, 0.25) is 0 Å². The Labute approximate surface area is 146 Å². The highest BCUT2D eigenvalue weighted by molar-refractivity contribution is 6.18. The van der Waals surface area contributed by atoms with E-state index in [4.69, 9.17) is 0 Å². The van der Waals surface area contributed by atoms with Crippen LogP contribution in [-0.4, -0.2) is 16.9 Å². The van der Waals surface area contributed by atoms with Gasteiger partial charge in [0.2, 0.25) is 0 Å². The molecule has 0 aromatic carbocycles. The first-order valence-corrected chi connectivity index (χ1v) is 9.40. The highest BCUT2D eigenvalue weighted by Gasteiger charge is 2.49. The van der Waals surface area contributed by atoms with Crippen molar-refractivity contribution < 1.29 is 14.7 Å². The third-order valence-corrected chi connectivity index (χ3v) is 6.77. The molecule has 3 heteroatoms. The van der Waals surface area contributed by atoms with Gasteiger partial charge in [-0.2, -0.15) is 0 Å². The Bertz CT molecular complexity index is 572. The van der Waals surface area contributed by atoms with Crippen molar-refractivity contribution >= 4 is 11.8 Å². The van der Waals surface area contributed by atoms with E-state index < -0.39 is 5.97 Å². The standard InChI is InChI=1S/C21H32O3/c1-6-13(2)14(3)7-8-15(4)16-9-10-17-19(20(23)24)18(22)11-12-21(16,17)5/h7-8,13-16H,6,9-12H2,1-5H3,(H,23,24)/b8-7-. The van der Waals surface area contributed by atoms with Crippen molar-refractivity contribution in [2.45, 2.75) is 66.7 Å². The molecule has 5 atom stereocenters. The van der Waals surface area contributed by atoms with Gasteiger partial charge in [0.1, 0.15) is 5.57 Å². The van der Waals surface area contributed by atoms with Crippen LogP contribution in [0, 0.1) is 29.1 Å². The summed E-state index contributed by atoms with van der Waals surface area (Å²) < 4.78 is 0. The molecule has 0 bridgehead atoms. The van der Waals surface area contributed by atoms with Crippen molar-refractivity contribution in [1.29, 1.82) is 0 Å². The highest BCUT2D eigenvalue weighted by Crippen LogP contribution is 2.56. The van der Waals surface area contributed by atoms with Gasteiger partial charge < -0.3 is 5.11 Å². The maximum Gasteiger partial charge on any atom is 0.339 e. The molecule has 0 aromatic rings. The third kappa shape index (κ3) is 3.36. The molecule has 1 fully saturated rings. The SMILES string of the molecule is CCC(C)C(C)/C=C\C(C)C1CCC2=C(C(=O)O)C(=O)CCC21C. The van der Waals surface area contributed by atoms with Crippen LogP contribution in [0.15, 0.2) is 23.3 Å². The number of fused-ring (bicyclic) bond motifs is 1. The van der Waals surface area contributed by atoms with Crippen LogP contribution in [0.4, 0.5) is 0 Å². The molecule has 0 aliphatic heterocycles. The first-order valence-electron chi connectivity index (χ1n) is 9.40. The van der Waals surface area contributed by atoms with E-state index >= 15 is 0 Å². The summed E-state index contributed by atoms with van der Waals surface area (Å²) in [5.41, 5.74) is 0.868. The van der Waals surface area contributed by atoms with E-state index in [-0.39, 0.29) is 16.8 Å². The second kappa shape index (κ2) is 7.25. The van der Waals surface area contributed by atoms with Crippen LogP contribution >= 0.6 is 0 Å². The molecule has 0 radical (unpaired) electrons. The minimum Gasteiger partial charge on any atom is -0.478 e. The zero-order valence-corrected chi connectivity index (χ0v) is 15.8. The second-order valence-electron chi connectivity index (χ2n) is 8.13. The fraction of sp³-hybridized carbons (Fsp3) is 0.714. The first-order chi connectivity index (χ1) is 11.2. The summed E-state index contributed by atoms with van der Waals surface area (Å²) in [6.45, 7) is 11.2. The fourth-order valence-electron chi connectivity index (χ4n) is 4.68. The predicted molar refractivity (Wildman–Crippen MR) is 96.7 cm³/mol. The molecule has 2 aliphatic rings. The Balaban J connectivity index is 2.23. The van der Waals surface area contributed by atoms with E-state index in [1.54, 1.807) is 0 Å². The van der Waals surface area contributed by atoms with Crippen LogP contribution < -0.4 is 0 Å². The van der Waals surface area contributed by atoms with Gasteiger partial charge in [-0.15, -0.1) is 0 Å². The van der Waals surface area contributed by atoms with E-state index in [9.17, 15) is 14.7 Å². The number of carbonyl (C=O) groups is 2. The van der Waals surface area contributed by atoms with E-state index in [0.29, 0.717) is 30.1 Å². The number of carbonyl (C=O) groups excluding carboxylic acids is 1. The average molecular weight is 332 g/mol. The monoisotopic (exact) mass is 332 g/mol. The lowest BCUT2D eigenvalue weighted by atomic mass is 9.64. The Kier molecular flexibility index (Phi) is 5.72. The first kappa shape index (κ1) is 19.0. The molecule has 1 N–H and O–H groups in total. The second-order valence-corrected chi connectivity index (χ2v) is 8.13. The van der Waals surface area contributed by atoms with Crippen molar-refractivity contribution in [1.82, 2.24) is 0 Å². The minimum absolute atomic E-state index is 0.0930. The molecule has 0 aromatic heterocycles. The summed E-state index contributed by atoms with van der Waals surface area (Å²) in [6, 6.07) is 0. The molecule has 3 nitrogen and oxygen atoms in total. The Hall–Kier alpha value is -1.38. The quantitative estimate of drug-likeness (QED) is 0.549. The zero-order valence-electron chi connectivity index (χ0n) is 15.8. The molecule has 1 saturated carbocycles. The molecular weight excluding hydrogens is 300 g/mol. The highest BCUT2D eigenvalue weighted by atomic mass is 16.4. The lowest BCUT2D eigenvalue weighted by Crippen LogP contribution is -2.34. The van der Waals surface area contributed by atoms with E-state index in [1.165, 1.54) is 6.42 Å². The number of ketones is 1. The van der Waals surface area contributed by atoms with Crippen molar-refractivity contribution in [2.75, 3.05) is 0 Å². The predicted octanol–water partition coefficient (Wildman–Crippen LogP) is 5.02. The Morgan fingerprint density at radius 3 is 2.54 bits per heavy atom. The van der Waals surface area contributed by atoms with Crippen LogP contribution in [0.25, 0.3) is 0 Å². The van der Waals surface area contributed by atoms with Crippen molar-refractivity contribution in [3.05, 3.63) is 23.3 Å². The lowest BCUT2D eigenvalue weighted by molar-refractivity contribution is -0.135. The number of rotatable bonds is 6. The number of hydrogen-bond donors (Lipinski definition) is 1. The zero-order chi connectivity index (χ0) is 18.1. The molecule has 5 unspecified atom stereocenters. The van der Waals surface area contributed by atoms with Crippen LogP contribution in [0.3, 0.4) is 0 Å². The van der Waals surface area contributed by atoms with Gasteiger partial charge in [0.25, 0.3) is 0 Å². The molecule has 134 valence electrons. The van der Waals surface area contributed by atoms with E-state index in [1.807, 2.05) is 0 Å². The fourth-order valence-corrected chi connectivity index (χ4v) is 4.68. The van der Waals surface area contributed by atoms with Gasteiger partial charge >= 0.3 is 5.97 Å². The summed E-state index contributed by atoms with van der Waals surface area (Å²) >= 11 is 0. The maximum atomic E-state index is 12.1. The van der Waals surface area contributed by atoms with Crippen LogP contribution in [0.5, 0.6) is 0 Å². The van der Waals surface area contributed by atoms with Gasteiger partial charge in [-0.05, 0) is 53.9 Å². The van der Waals surface area contributed by atoms with Gasteiger partial charge in [0, 0.05) is 6.42 Å². The molecule has 2 rings (SSSR count). The van der Waals surface area contributed by atoms with E-state index in [0.717, 1.165) is 24.8 Å². The average Bonchev–Trinajstić information content (AvgIpc) is 2.88. The number of Topliss-reactive ketones (excluding diaryl/α,β-unsaturated/α-hetero) is 1. The number of aliphatic carboxylic acids is 1. The topological polar surface area (TPSA) is 54.4 Å². The molecule has 0 spiro atoms. The molecule has 0 amide bonds.